The number of halogens is 1. The van der Waals surface area contributed by atoms with E-state index in [1.807, 2.05) is 6.07 Å². The number of rotatable bonds is 2. The molecule has 0 fully saturated rings. The van der Waals surface area contributed by atoms with Crippen LogP contribution in [0.25, 0.3) is 0 Å². The van der Waals surface area contributed by atoms with Crippen molar-refractivity contribution in [2.75, 3.05) is 0 Å². The molecular weight excluding hydrogens is 254 g/mol. The van der Waals surface area contributed by atoms with Crippen LogP contribution in [0.3, 0.4) is 0 Å². The molecule has 0 aliphatic heterocycles. The minimum atomic E-state index is -0.233. The molecule has 2 aromatic heterocycles. The molecule has 2 N–H and O–H groups in total. The monoisotopic (exact) mass is 269 g/mol. The molecule has 0 spiro atoms. The lowest BCUT2D eigenvalue weighted by Gasteiger charge is -2.15. The third kappa shape index (κ3) is 2.73. The summed E-state index contributed by atoms with van der Waals surface area (Å²) in [6.45, 7) is 6.58. The number of nitrogens with two attached hydrogens (primary N) is 1. The van der Waals surface area contributed by atoms with Crippen molar-refractivity contribution in [1.29, 1.82) is 0 Å². The molecule has 0 saturated carbocycles. The van der Waals surface area contributed by atoms with E-state index < -0.39 is 0 Å². The zero-order valence-corrected chi connectivity index (χ0v) is 11.7. The van der Waals surface area contributed by atoms with E-state index >= 15 is 0 Å². The Morgan fingerprint density at radius 2 is 1.94 bits per heavy atom. The SMILES string of the molecule is CC(C)(C)c1ccc(C(N)c2ccc(Cl)o2)s1. The van der Waals surface area contributed by atoms with Gasteiger partial charge in [0.2, 0.25) is 0 Å². The Morgan fingerprint density at radius 1 is 1.24 bits per heavy atom. The molecule has 0 radical (unpaired) electrons. The highest BCUT2D eigenvalue weighted by Gasteiger charge is 2.20. The number of hydrogen-bond acceptors (Lipinski definition) is 3. The lowest BCUT2D eigenvalue weighted by Crippen LogP contribution is -2.09. The van der Waals surface area contributed by atoms with E-state index in [0.29, 0.717) is 11.0 Å². The molecule has 1 unspecified atom stereocenters. The fraction of sp³-hybridized carbons (Fsp3) is 0.385. The Hall–Kier alpha value is -0.770. The van der Waals surface area contributed by atoms with Crippen LogP contribution in [0.2, 0.25) is 5.22 Å². The van der Waals surface area contributed by atoms with Crippen LogP contribution in [-0.4, -0.2) is 0 Å². The fourth-order valence-corrected chi connectivity index (χ4v) is 2.79. The van der Waals surface area contributed by atoms with Gasteiger partial charge in [-0.25, -0.2) is 0 Å². The van der Waals surface area contributed by atoms with Gasteiger partial charge in [0.15, 0.2) is 5.22 Å². The zero-order chi connectivity index (χ0) is 12.6. The van der Waals surface area contributed by atoms with Gasteiger partial charge in [-0.15, -0.1) is 11.3 Å². The molecule has 17 heavy (non-hydrogen) atoms. The molecule has 1 atom stereocenters. The molecule has 0 amide bonds. The van der Waals surface area contributed by atoms with Crippen molar-refractivity contribution in [3.8, 4) is 0 Å². The molecule has 4 heteroatoms. The molecule has 0 aromatic carbocycles. The minimum Gasteiger partial charge on any atom is -0.448 e. The van der Waals surface area contributed by atoms with Crippen LogP contribution in [0.1, 0.15) is 42.3 Å². The van der Waals surface area contributed by atoms with E-state index in [0.717, 1.165) is 4.88 Å². The van der Waals surface area contributed by atoms with Gasteiger partial charge in [-0.3, -0.25) is 0 Å². The molecule has 2 rings (SSSR count). The molecule has 2 nitrogen and oxygen atoms in total. The van der Waals surface area contributed by atoms with E-state index in [2.05, 4.69) is 32.9 Å². The minimum absolute atomic E-state index is 0.156. The summed E-state index contributed by atoms with van der Waals surface area (Å²) in [4.78, 5) is 2.42. The Balaban J connectivity index is 2.26. The summed E-state index contributed by atoms with van der Waals surface area (Å²) in [5.74, 6) is 0.706. The van der Waals surface area contributed by atoms with Gasteiger partial charge in [0.25, 0.3) is 0 Å². The highest BCUT2D eigenvalue weighted by Crippen LogP contribution is 2.34. The first-order valence-corrected chi connectivity index (χ1v) is 6.68. The van der Waals surface area contributed by atoms with Gasteiger partial charge in [0.05, 0.1) is 6.04 Å². The molecule has 0 aliphatic carbocycles. The quantitative estimate of drug-likeness (QED) is 0.881. The second kappa shape index (κ2) is 4.48. The third-order valence-electron chi connectivity index (χ3n) is 2.57. The van der Waals surface area contributed by atoms with Crippen molar-refractivity contribution in [2.24, 2.45) is 5.73 Å². The van der Waals surface area contributed by atoms with Gasteiger partial charge >= 0.3 is 0 Å². The van der Waals surface area contributed by atoms with Crippen LogP contribution in [0.5, 0.6) is 0 Å². The molecular formula is C13H16ClNOS. The average Bonchev–Trinajstić information content (AvgIpc) is 2.83. The summed E-state index contributed by atoms with van der Waals surface area (Å²) in [6.07, 6.45) is 0. The van der Waals surface area contributed by atoms with Gasteiger partial charge in [-0.05, 0) is 41.3 Å². The summed E-state index contributed by atoms with van der Waals surface area (Å²) in [6, 6.07) is 7.50. The first kappa shape index (κ1) is 12.7. The summed E-state index contributed by atoms with van der Waals surface area (Å²) < 4.78 is 5.34. The van der Waals surface area contributed by atoms with Crippen molar-refractivity contribution in [3.05, 3.63) is 45.0 Å². The van der Waals surface area contributed by atoms with Crippen LogP contribution in [0.15, 0.2) is 28.7 Å². The molecule has 0 bridgehead atoms. The highest BCUT2D eigenvalue weighted by molar-refractivity contribution is 7.12. The summed E-state index contributed by atoms with van der Waals surface area (Å²) >= 11 is 7.47. The number of furan rings is 1. The second-order valence-corrected chi connectivity index (χ2v) is 6.56. The predicted octanol–water partition coefficient (Wildman–Crippen LogP) is 4.34. The summed E-state index contributed by atoms with van der Waals surface area (Å²) in [5, 5.41) is 0.378. The van der Waals surface area contributed by atoms with Crippen LogP contribution in [0, 0.1) is 0 Å². The van der Waals surface area contributed by atoms with Crippen molar-refractivity contribution in [1.82, 2.24) is 0 Å². The van der Waals surface area contributed by atoms with Crippen LogP contribution >= 0.6 is 22.9 Å². The molecule has 0 aliphatic rings. The van der Waals surface area contributed by atoms with Gasteiger partial charge in [-0.2, -0.15) is 0 Å². The Morgan fingerprint density at radius 3 is 2.41 bits per heavy atom. The highest BCUT2D eigenvalue weighted by atomic mass is 35.5. The van der Waals surface area contributed by atoms with E-state index in [9.17, 15) is 0 Å². The average molecular weight is 270 g/mol. The van der Waals surface area contributed by atoms with Crippen LogP contribution in [-0.2, 0) is 5.41 Å². The van der Waals surface area contributed by atoms with E-state index in [1.165, 1.54) is 4.88 Å². The van der Waals surface area contributed by atoms with Gasteiger partial charge in [0.1, 0.15) is 5.76 Å². The van der Waals surface area contributed by atoms with E-state index in [1.54, 1.807) is 17.4 Å². The molecule has 92 valence electrons. The van der Waals surface area contributed by atoms with Crippen molar-refractivity contribution in [2.45, 2.75) is 32.2 Å². The van der Waals surface area contributed by atoms with Gasteiger partial charge in [0, 0.05) is 9.75 Å². The van der Waals surface area contributed by atoms with Gasteiger partial charge in [-0.1, -0.05) is 20.8 Å². The van der Waals surface area contributed by atoms with Crippen molar-refractivity contribution < 1.29 is 4.42 Å². The summed E-state index contributed by atoms with van der Waals surface area (Å²) in [5.41, 5.74) is 6.30. The first-order valence-electron chi connectivity index (χ1n) is 5.49. The topological polar surface area (TPSA) is 39.2 Å². The fourth-order valence-electron chi connectivity index (χ4n) is 1.56. The maximum atomic E-state index is 6.14. The molecule has 2 heterocycles. The second-order valence-electron chi connectivity index (χ2n) is 5.07. The molecule has 2 aromatic rings. The van der Waals surface area contributed by atoms with E-state index in [-0.39, 0.29) is 11.5 Å². The lowest BCUT2D eigenvalue weighted by molar-refractivity contribution is 0.493. The Labute approximate surface area is 110 Å². The number of hydrogen-bond donors (Lipinski definition) is 1. The maximum absolute atomic E-state index is 6.14. The smallest absolute Gasteiger partial charge is 0.193 e. The Kier molecular flexibility index (Phi) is 3.34. The first-order chi connectivity index (χ1) is 7.88. The maximum Gasteiger partial charge on any atom is 0.193 e. The third-order valence-corrected chi connectivity index (χ3v) is 4.37. The van der Waals surface area contributed by atoms with Crippen LogP contribution < -0.4 is 5.73 Å². The standard InChI is InChI=1S/C13H16ClNOS/c1-13(2,3)10-6-5-9(17-10)12(15)8-4-7-11(14)16-8/h4-7,12H,15H2,1-3H3. The van der Waals surface area contributed by atoms with Crippen molar-refractivity contribution >= 4 is 22.9 Å². The van der Waals surface area contributed by atoms with E-state index in [4.69, 9.17) is 21.8 Å². The lowest BCUT2D eigenvalue weighted by atomic mass is 9.95. The largest absolute Gasteiger partial charge is 0.448 e. The Bertz CT molecular complexity index is 509. The van der Waals surface area contributed by atoms with Crippen molar-refractivity contribution in [3.63, 3.8) is 0 Å². The predicted molar refractivity (Wildman–Crippen MR) is 72.8 cm³/mol. The van der Waals surface area contributed by atoms with Crippen LogP contribution in [0.4, 0.5) is 0 Å². The molecule has 0 saturated heterocycles. The number of thiophene rings is 1. The normalized spacial score (nSPS) is 13.9. The zero-order valence-electron chi connectivity index (χ0n) is 10.2. The summed E-state index contributed by atoms with van der Waals surface area (Å²) in [7, 11) is 0. The van der Waals surface area contributed by atoms with Gasteiger partial charge < -0.3 is 10.2 Å².